The van der Waals surface area contributed by atoms with Crippen LogP contribution in [0.25, 0.3) is 0 Å². The Hall–Kier alpha value is -1.88. The van der Waals surface area contributed by atoms with Crippen molar-refractivity contribution in [2.45, 2.75) is 13.0 Å². The number of halogens is 2. The van der Waals surface area contributed by atoms with Gasteiger partial charge in [0.05, 0.1) is 0 Å². The molecule has 5 heteroatoms. The number of carbonyl (C=O) groups is 1. The van der Waals surface area contributed by atoms with E-state index in [9.17, 15) is 9.18 Å². The van der Waals surface area contributed by atoms with Gasteiger partial charge in [0.25, 0.3) is 5.91 Å². The van der Waals surface area contributed by atoms with Crippen molar-refractivity contribution in [1.29, 1.82) is 0 Å². The zero-order valence-electron chi connectivity index (χ0n) is 11.3. The summed E-state index contributed by atoms with van der Waals surface area (Å²) < 4.78 is 14.0. The maximum Gasteiger partial charge on any atom is 0.254 e. The molecule has 2 N–H and O–H groups in total. The number of anilines is 1. The molecule has 0 unspecified atom stereocenters. The monoisotopic (exact) mass is 348 g/mol. The summed E-state index contributed by atoms with van der Waals surface area (Å²) in [4.78, 5) is 14.2. The van der Waals surface area contributed by atoms with Gasteiger partial charge >= 0.3 is 0 Å². The van der Waals surface area contributed by atoms with Crippen LogP contribution in [-0.2, 0) is 13.0 Å². The number of hydrogen-bond donors (Lipinski definition) is 1. The Morgan fingerprint density at radius 2 is 2.10 bits per heavy atom. The number of nitrogens with zero attached hydrogens (tertiary/aromatic N) is 1. The Kier molecular flexibility index (Phi) is 3.68. The van der Waals surface area contributed by atoms with E-state index in [1.54, 1.807) is 11.0 Å². The molecule has 0 saturated carbocycles. The number of nitrogen functional groups attached to an aromatic ring is 1. The van der Waals surface area contributed by atoms with Crippen molar-refractivity contribution in [3.05, 3.63) is 63.4 Å². The normalized spacial score (nSPS) is 13.9. The van der Waals surface area contributed by atoms with Crippen LogP contribution >= 0.6 is 15.9 Å². The van der Waals surface area contributed by atoms with E-state index in [-0.39, 0.29) is 5.91 Å². The quantitative estimate of drug-likeness (QED) is 0.803. The summed E-state index contributed by atoms with van der Waals surface area (Å²) in [6.45, 7) is 1.08. The highest BCUT2D eigenvalue weighted by Crippen LogP contribution is 2.26. The topological polar surface area (TPSA) is 46.3 Å². The van der Waals surface area contributed by atoms with Crippen LogP contribution in [0.2, 0.25) is 0 Å². The average Bonchev–Trinajstić information content (AvgIpc) is 2.45. The van der Waals surface area contributed by atoms with Gasteiger partial charge in [0.15, 0.2) is 0 Å². The zero-order chi connectivity index (χ0) is 15.0. The van der Waals surface area contributed by atoms with Gasteiger partial charge in [0.2, 0.25) is 0 Å². The molecule has 21 heavy (non-hydrogen) atoms. The number of hydrogen-bond acceptors (Lipinski definition) is 2. The molecule has 3 nitrogen and oxygen atoms in total. The average molecular weight is 349 g/mol. The van der Waals surface area contributed by atoms with E-state index >= 15 is 0 Å². The van der Waals surface area contributed by atoms with Crippen LogP contribution in [0.3, 0.4) is 0 Å². The number of benzene rings is 2. The lowest BCUT2D eigenvalue weighted by Crippen LogP contribution is -2.36. The number of rotatable bonds is 1. The number of carbonyl (C=O) groups excluding carboxylic acids is 1. The second kappa shape index (κ2) is 5.48. The molecular formula is C16H14BrFN2O. The van der Waals surface area contributed by atoms with Crippen LogP contribution in [0.4, 0.5) is 10.1 Å². The fourth-order valence-electron chi connectivity index (χ4n) is 2.64. The first-order valence-electron chi connectivity index (χ1n) is 6.66. The molecule has 1 heterocycles. The van der Waals surface area contributed by atoms with Crippen molar-refractivity contribution in [3.63, 3.8) is 0 Å². The van der Waals surface area contributed by atoms with Gasteiger partial charge < -0.3 is 10.6 Å². The minimum Gasteiger partial charge on any atom is -0.398 e. The Morgan fingerprint density at radius 3 is 2.86 bits per heavy atom. The lowest BCUT2D eigenvalue weighted by atomic mass is 9.97. The third-order valence-electron chi connectivity index (χ3n) is 3.71. The van der Waals surface area contributed by atoms with Crippen LogP contribution < -0.4 is 5.73 Å². The Bertz CT molecular complexity index is 697. The van der Waals surface area contributed by atoms with Crippen molar-refractivity contribution in [3.8, 4) is 0 Å². The molecule has 0 atom stereocenters. The van der Waals surface area contributed by atoms with Gasteiger partial charge in [0.1, 0.15) is 5.82 Å². The summed E-state index contributed by atoms with van der Waals surface area (Å²) in [6.07, 6.45) is 0.766. The Labute approximate surface area is 130 Å². The summed E-state index contributed by atoms with van der Waals surface area (Å²) in [6, 6.07) is 10.0. The second-order valence-corrected chi connectivity index (χ2v) is 6.04. The highest BCUT2D eigenvalue weighted by atomic mass is 79.9. The smallest absolute Gasteiger partial charge is 0.254 e. The third-order valence-corrected chi connectivity index (χ3v) is 4.16. The minimum absolute atomic E-state index is 0.177. The SMILES string of the molecule is Nc1cccc2c1CN(C(=O)c1cc(F)cc(Br)c1)CC2. The van der Waals surface area contributed by atoms with Crippen LogP contribution in [0.15, 0.2) is 40.9 Å². The number of amides is 1. The van der Waals surface area contributed by atoms with E-state index in [0.29, 0.717) is 28.8 Å². The molecule has 2 aromatic rings. The Balaban J connectivity index is 1.89. The van der Waals surface area contributed by atoms with E-state index in [4.69, 9.17) is 5.73 Å². The highest BCUT2D eigenvalue weighted by Gasteiger charge is 2.23. The van der Waals surface area contributed by atoms with Crippen molar-refractivity contribution >= 4 is 27.5 Å². The molecule has 3 rings (SSSR count). The molecule has 2 aromatic carbocycles. The molecule has 0 radical (unpaired) electrons. The number of nitrogens with two attached hydrogens (primary N) is 1. The molecule has 0 aliphatic carbocycles. The predicted molar refractivity (Wildman–Crippen MR) is 83.4 cm³/mol. The molecule has 108 valence electrons. The molecule has 0 saturated heterocycles. The van der Waals surface area contributed by atoms with Gasteiger partial charge in [-0.2, -0.15) is 0 Å². The largest absolute Gasteiger partial charge is 0.398 e. The maximum absolute atomic E-state index is 13.4. The first-order valence-corrected chi connectivity index (χ1v) is 7.45. The summed E-state index contributed by atoms with van der Waals surface area (Å²) in [7, 11) is 0. The zero-order valence-corrected chi connectivity index (χ0v) is 12.9. The van der Waals surface area contributed by atoms with Crippen LogP contribution in [0.1, 0.15) is 21.5 Å². The first kappa shape index (κ1) is 14.1. The molecule has 0 bridgehead atoms. The van der Waals surface area contributed by atoms with E-state index in [0.717, 1.165) is 12.0 Å². The predicted octanol–water partition coefficient (Wildman–Crippen LogP) is 3.37. The van der Waals surface area contributed by atoms with Gasteiger partial charge in [-0.25, -0.2) is 4.39 Å². The first-order chi connectivity index (χ1) is 10.0. The van der Waals surface area contributed by atoms with Crippen molar-refractivity contribution in [2.24, 2.45) is 0 Å². The number of fused-ring (bicyclic) bond motifs is 1. The standard InChI is InChI=1S/C16H14BrFN2O/c17-12-6-11(7-13(18)8-12)16(21)20-5-4-10-2-1-3-15(19)14(10)9-20/h1-3,6-8H,4-5,9,19H2. The highest BCUT2D eigenvalue weighted by molar-refractivity contribution is 9.10. The molecule has 1 aliphatic heterocycles. The van der Waals surface area contributed by atoms with Gasteiger partial charge in [-0.05, 0) is 41.8 Å². The van der Waals surface area contributed by atoms with Crippen LogP contribution in [0.5, 0.6) is 0 Å². The lowest BCUT2D eigenvalue weighted by Gasteiger charge is -2.29. The fraction of sp³-hybridized carbons (Fsp3) is 0.188. The van der Waals surface area contributed by atoms with E-state index in [1.165, 1.54) is 17.7 Å². The van der Waals surface area contributed by atoms with E-state index in [2.05, 4.69) is 15.9 Å². The fourth-order valence-corrected chi connectivity index (χ4v) is 3.11. The van der Waals surface area contributed by atoms with Crippen molar-refractivity contribution in [2.75, 3.05) is 12.3 Å². The summed E-state index contributed by atoms with van der Waals surface area (Å²) in [5.74, 6) is -0.603. The van der Waals surface area contributed by atoms with Gasteiger partial charge in [0, 0.05) is 28.8 Å². The summed E-state index contributed by atoms with van der Waals surface area (Å²) >= 11 is 3.21. The van der Waals surface area contributed by atoms with E-state index in [1.807, 2.05) is 18.2 Å². The molecule has 0 spiro atoms. The van der Waals surface area contributed by atoms with Gasteiger partial charge in [-0.15, -0.1) is 0 Å². The molecular weight excluding hydrogens is 335 g/mol. The molecule has 0 fully saturated rings. The maximum atomic E-state index is 13.4. The lowest BCUT2D eigenvalue weighted by molar-refractivity contribution is 0.0734. The summed E-state index contributed by atoms with van der Waals surface area (Å²) in [5.41, 5.74) is 9.20. The van der Waals surface area contributed by atoms with Gasteiger partial charge in [-0.3, -0.25) is 4.79 Å². The van der Waals surface area contributed by atoms with Gasteiger partial charge in [-0.1, -0.05) is 28.1 Å². The molecule has 1 amide bonds. The van der Waals surface area contributed by atoms with Crippen LogP contribution in [-0.4, -0.2) is 17.4 Å². The second-order valence-electron chi connectivity index (χ2n) is 5.12. The minimum atomic E-state index is -0.426. The summed E-state index contributed by atoms with van der Waals surface area (Å²) in [5, 5.41) is 0. The van der Waals surface area contributed by atoms with Crippen molar-refractivity contribution < 1.29 is 9.18 Å². The molecule has 0 aromatic heterocycles. The van der Waals surface area contributed by atoms with Crippen LogP contribution in [0, 0.1) is 5.82 Å². The molecule has 1 aliphatic rings. The van der Waals surface area contributed by atoms with Crippen molar-refractivity contribution in [1.82, 2.24) is 4.90 Å². The van der Waals surface area contributed by atoms with E-state index < -0.39 is 5.82 Å². The third kappa shape index (κ3) is 2.78. The Morgan fingerprint density at radius 1 is 1.29 bits per heavy atom.